The monoisotopic (exact) mass is 257 g/mol. The first-order chi connectivity index (χ1) is 8.61. The highest BCUT2D eigenvalue weighted by Crippen LogP contribution is 2.12. The predicted molar refractivity (Wildman–Crippen MR) is 63.0 cm³/mol. The van der Waals surface area contributed by atoms with Crippen LogP contribution in [0, 0.1) is 0 Å². The summed E-state index contributed by atoms with van der Waals surface area (Å²) in [6.07, 6.45) is -0.249. The molecule has 0 aromatic heterocycles. The number of hydrogen-bond acceptors (Lipinski definition) is 5. The normalized spacial score (nSPS) is 29.4. The van der Waals surface area contributed by atoms with Crippen LogP contribution in [0.3, 0.4) is 0 Å². The van der Waals surface area contributed by atoms with Crippen LogP contribution in [-0.2, 0) is 9.53 Å². The number of morpholine rings is 1. The van der Waals surface area contributed by atoms with Crippen molar-refractivity contribution in [2.75, 3.05) is 39.4 Å². The Morgan fingerprint density at radius 3 is 3.00 bits per heavy atom. The number of carbonyl (C=O) groups is 2. The van der Waals surface area contributed by atoms with Crippen LogP contribution in [-0.4, -0.2) is 78.4 Å². The molecule has 0 aliphatic carbocycles. The van der Waals surface area contributed by atoms with E-state index in [9.17, 15) is 9.59 Å². The van der Waals surface area contributed by atoms with Gasteiger partial charge in [-0.2, -0.15) is 0 Å². The van der Waals surface area contributed by atoms with Gasteiger partial charge in [0.1, 0.15) is 0 Å². The summed E-state index contributed by atoms with van der Waals surface area (Å²) >= 11 is 0. The maximum absolute atomic E-state index is 12.0. The Morgan fingerprint density at radius 2 is 2.39 bits per heavy atom. The molecule has 0 aromatic carbocycles. The van der Waals surface area contributed by atoms with Gasteiger partial charge < -0.3 is 15.2 Å². The molecule has 0 saturated carbocycles. The minimum Gasteiger partial charge on any atom is -0.394 e. The minimum absolute atomic E-state index is 0.0540. The third-order valence-corrected chi connectivity index (χ3v) is 3.33. The lowest BCUT2D eigenvalue weighted by atomic mass is 10.2. The Hall–Kier alpha value is -1.18. The zero-order valence-electron chi connectivity index (χ0n) is 10.5. The third-order valence-electron chi connectivity index (χ3n) is 3.33. The van der Waals surface area contributed by atoms with Crippen molar-refractivity contribution in [2.45, 2.75) is 19.1 Å². The van der Waals surface area contributed by atoms with Crippen LogP contribution in [0.5, 0.6) is 0 Å². The van der Waals surface area contributed by atoms with E-state index in [2.05, 4.69) is 5.32 Å². The van der Waals surface area contributed by atoms with Crippen molar-refractivity contribution in [3.05, 3.63) is 0 Å². The van der Waals surface area contributed by atoms with E-state index in [1.807, 2.05) is 11.8 Å². The van der Waals surface area contributed by atoms with E-state index in [4.69, 9.17) is 9.84 Å². The summed E-state index contributed by atoms with van der Waals surface area (Å²) in [6, 6.07) is -0.206. The molecule has 102 valence electrons. The van der Waals surface area contributed by atoms with Crippen molar-refractivity contribution in [3.8, 4) is 0 Å². The van der Waals surface area contributed by atoms with Crippen molar-refractivity contribution in [1.82, 2.24) is 15.1 Å². The number of rotatable bonds is 3. The van der Waals surface area contributed by atoms with Crippen molar-refractivity contribution >= 4 is 11.9 Å². The number of hydrogen-bond donors (Lipinski definition) is 2. The quantitative estimate of drug-likeness (QED) is 0.651. The number of nitrogens with one attached hydrogen (secondary N) is 1. The number of ether oxygens (including phenoxy) is 1. The molecule has 18 heavy (non-hydrogen) atoms. The van der Waals surface area contributed by atoms with E-state index in [1.165, 1.54) is 4.90 Å². The van der Waals surface area contributed by atoms with Gasteiger partial charge in [0.05, 0.1) is 25.9 Å². The van der Waals surface area contributed by atoms with Gasteiger partial charge in [-0.25, -0.2) is 4.79 Å². The SMILES string of the molecule is CC1COC(CO)CN1CC(=O)N1CCNC1=O. The summed E-state index contributed by atoms with van der Waals surface area (Å²) < 4.78 is 5.40. The van der Waals surface area contributed by atoms with Gasteiger partial charge in [0.2, 0.25) is 5.91 Å². The highest BCUT2D eigenvalue weighted by atomic mass is 16.5. The molecular formula is C11H19N3O4. The first-order valence-corrected chi connectivity index (χ1v) is 6.16. The third kappa shape index (κ3) is 2.80. The zero-order valence-corrected chi connectivity index (χ0v) is 10.5. The molecule has 2 saturated heterocycles. The second-order valence-electron chi connectivity index (χ2n) is 4.69. The lowest BCUT2D eigenvalue weighted by molar-refractivity contribution is -0.133. The highest BCUT2D eigenvalue weighted by Gasteiger charge is 2.31. The number of carbonyl (C=O) groups excluding carboxylic acids is 2. The van der Waals surface area contributed by atoms with Crippen LogP contribution < -0.4 is 5.32 Å². The molecule has 7 heteroatoms. The molecule has 0 spiro atoms. The molecule has 0 aromatic rings. The number of amides is 3. The van der Waals surface area contributed by atoms with Gasteiger partial charge in [-0.3, -0.25) is 14.6 Å². The van der Waals surface area contributed by atoms with Crippen LogP contribution in [0.4, 0.5) is 4.79 Å². The van der Waals surface area contributed by atoms with Crippen LogP contribution in [0.2, 0.25) is 0 Å². The second-order valence-corrected chi connectivity index (χ2v) is 4.69. The van der Waals surface area contributed by atoms with Gasteiger partial charge >= 0.3 is 6.03 Å². The van der Waals surface area contributed by atoms with E-state index >= 15 is 0 Å². The van der Waals surface area contributed by atoms with E-state index < -0.39 is 0 Å². The number of imide groups is 1. The Labute approximate surface area is 106 Å². The Balaban J connectivity index is 1.90. The topological polar surface area (TPSA) is 82.1 Å². The Morgan fingerprint density at radius 1 is 1.61 bits per heavy atom. The standard InChI is InChI=1S/C11H19N3O4/c1-8-7-18-9(6-15)4-13(8)5-10(16)14-3-2-12-11(14)17/h8-9,15H,2-7H2,1H3,(H,12,17). The second kappa shape index (κ2) is 5.64. The van der Waals surface area contributed by atoms with Crippen LogP contribution in [0.25, 0.3) is 0 Å². The zero-order chi connectivity index (χ0) is 13.1. The van der Waals surface area contributed by atoms with Crippen molar-refractivity contribution < 1.29 is 19.4 Å². The molecule has 0 radical (unpaired) electrons. The van der Waals surface area contributed by atoms with Gasteiger partial charge in [-0.1, -0.05) is 0 Å². The molecule has 2 rings (SSSR count). The molecule has 2 unspecified atom stereocenters. The number of urea groups is 1. The molecule has 3 amide bonds. The fourth-order valence-electron chi connectivity index (χ4n) is 2.17. The highest BCUT2D eigenvalue weighted by molar-refractivity contribution is 5.96. The van der Waals surface area contributed by atoms with Crippen LogP contribution in [0.1, 0.15) is 6.92 Å². The largest absolute Gasteiger partial charge is 0.394 e. The van der Waals surface area contributed by atoms with E-state index in [0.29, 0.717) is 26.2 Å². The summed E-state index contributed by atoms with van der Waals surface area (Å²) in [5, 5.41) is 11.7. The van der Waals surface area contributed by atoms with Crippen molar-refractivity contribution in [3.63, 3.8) is 0 Å². The van der Waals surface area contributed by atoms with Crippen LogP contribution in [0.15, 0.2) is 0 Å². The number of nitrogens with zero attached hydrogens (tertiary/aromatic N) is 2. The number of aliphatic hydroxyl groups excluding tert-OH is 1. The summed E-state index contributed by atoms with van der Waals surface area (Å²) in [6.45, 7) is 4.05. The van der Waals surface area contributed by atoms with Gasteiger partial charge in [-0.15, -0.1) is 0 Å². The molecule has 2 aliphatic rings. The summed E-state index contributed by atoms with van der Waals surface area (Å²) in [5.41, 5.74) is 0. The fourth-order valence-corrected chi connectivity index (χ4v) is 2.17. The summed E-state index contributed by atoms with van der Waals surface area (Å²) in [4.78, 5) is 26.5. The van der Waals surface area contributed by atoms with Crippen molar-refractivity contribution in [1.29, 1.82) is 0 Å². The van der Waals surface area contributed by atoms with E-state index in [1.54, 1.807) is 0 Å². The summed E-state index contributed by atoms with van der Waals surface area (Å²) in [5.74, 6) is -0.199. The minimum atomic E-state index is -0.320. The number of aliphatic hydroxyl groups is 1. The molecular weight excluding hydrogens is 238 g/mol. The molecule has 2 heterocycles. The van der Waals surface area contributed by atoms with Gasteiger partial charge in [0.25, 0.3) is 0 Å². The smallest absolute Gasteiger partial charge is 0.324 e. The molecule has 0 bridgehead atoms. The lowest BCUT2D eigenvalue weighted by Crippen LogP contribution is -2.53. The van der Waals surface area contributed by atoms with Crippen LogP contribution >= 0.6 is 0 Å². The first kappa shape index (κ1) is 13.3. The predicted octanol–water partition coefficient (Wildman–Crippen LogP) is -1.38. The molecule has 2 fully saturated rings. The average molecular weight is 257 g/mol. The average Bonchev–Trinajstić information content (AvgIpc) is 2.78. The Bertz CT molecular complexity index is 336. The molecule has 2 aliphatic heterocycles. The van der Waals surface area contributed by atoms with E-state index in [-0.39, 0.29) is 37.2 Å². The molecule has 7 nitrogen and oxygen atoms in total. The van der Waals surface area contributed by atoms with E-state index in [0.717, 1.165) is 0 Å². The lowest BCUT2D eigenvalue weighted by Gasteiger charge is -2.37. The fraction of sp³-hybridized carbons (Fsp3) is 0.818. The van der Waals surface area contributed by atoms with Crippen molar-refractivity contribution in [2.24, 2.45) is 0 Å². The van der Waals surface area contributed by atoms with Gasteiger partial charge in [-0.05, 0) is 6.92 Å². The maximum atomic E-state index is 12.0. The molecule has 2 N–H and O–H groups in total. The maximum Gasteiger partial charge on any atom is 0.324 e. The summed E-state index contributed by atoms with van der Waals surface area (Å²) in [7, 11) is 0. The molecule has 2 atom stereocenters. The first-order valence-electron chi connectivity index (χ1n) is 6.16. The van der Waals surface area contributed by atoms with Gasteiger partial charge in [0, 0.05) is 25.7 Å². The Kier molecular flexibility index (Phi) is 4.15. The van der Waals surface area contributed by atoms with Gasteiger partial charge in [0.15, 0.2) is 0 Å².